The van der Waals surface area contributed by atoms with Gasteiger partial charge in [0.15, 0.2) is 0 Å². The van der Waals surface area contributed by atoms with Crippen LogP contribution in [0.1, 0.15) is 11.1 Å². The normalized spacial score (nSPS) is 14.6. The number of cyclic esters (lactones) is 1. The number of carbonyl (C=O) groups is 3. The maximum absolute atomic E-state index is 15.4. The molecule has 1 aliphatic rings. The van der Waals surface area contributed by atoms with Crippen molar-refractivity contribution in [1.82, 2.24) is 5.32 Å². The first-order chi connectivity index (χ1) is 17.9. The van der Waals surface area contributed by atoms with Gasteiger partial charge in [0.1, 0.15) is 18.5 Å². The van der Waals surface area contributed by atoms with Gasteiger partial charge in [-0.2, -0.15) is 0 Å². The van der Waals surface area contributed by atoms with E-state index < -0.39 is 30.2 Å². The van der Waals surface area contributed by atoms with Crippen LogP contribution in [0.5, 0.6) is 0 Å². The van der Waals surface area contributed by atoms with E-state index in [-0.39, 0.29) is 37.6 Å². The van der Waals surface area contributed by atoms with Gasteiger partial charge >= 0.3 is 18.3 Å². The molecule has 1 fully saturated rings. The minimum atomic E-state index is -0.714. The first-order valence-electron chi connectivity index (χ1n) is 11.6. The van der Waals surface area contributed by atoms with E-state index in [4.69, 9.17) is 9.47 Å². The first-order valence-corrected chi connectivity index (χ1v) is 11.6. The lowest BCUT2D eigenvalue weighted by atomic mass is 10.2. The van der Waals surface area contributed by atoms with Crippen LogP contribution >= 0.6 is 0 Å². The third-order valence-electron chi connectivity index (χ3n) is 5.68. The number of benzene rings is 3. The molecule has 192 valence electrons. The number of methoxy groups -OCH3 is 1. The van der Waals surface area contributed by atoms with Crippen molar-refractivity contribution in [3.8, 4) is 0 Å². The molecule has 0 aromatic heterocycles. The summed E-state index contributed by atoms with van der Waals surface area (Å²) in [5, 5.41) is 2.46. The van der Waals surface area contributed by atoms with Gasteiger partial charge < -0.3 is 19.5 Å². The molecule has 0 unspecified atom stereocenters. The summed E-state index contributed by atoms with van der Waals surface area (Å²) in [5.74, 6) is -0.714. The van der Waals surface area contributed by atoms with Crippen LogP contribution in [0.15, 0.2) is 78.9 Å². The summed E-state index contributed by atoms with van der Waals surface area (Å²) in [6, 6.07) is 22.4. The number of anilines is 2. The van der Waals surface area contributed by atoms with Gasteiger partial charge in [0, 0.05) is 0 Å². The van der Waals surface area contributed by atoms with Crippen LogP contribution in [-0.2, 0) is 27.4 Å². The van der Waals surface area contributed by atoms with Gasteiger partial charge in [-0.25, -0.2) is 18.8 Å². The van der Waals surface area contributed by atoms with E-state index >= 15 is 4.39 Å². The minimum Gasteiger partial charge on any atom is -0.453 e. The number of nitrogens with zero attached hydrogens (tertiary/aromatic N) is 2. The largest absolute Gasteiger partial charge is 0.453 e. The average Bonchev–Trinajstić information content (AvgIpc) is 3.30. The molecule has 0 aliphatic carbocycles. The summed E-state index contributed by atoms with van der Waals surface area (Å²) >= 11 is 0. The summed E-state index contributed by atoms with van der Waals surface area (Å²) in [7, 11) is 1.23. The molecule has 1 heterocycles. The second-order valence-electron chi connectivity index (χ2n) is 8.24. The van der Waals surface area contributed by atoms with Crippen LogP contribution in [-0.4, -0.2) is 44.6 Å². The average molecular weight is 508 g/mol. The topological polar surface area (TPSA) is 97.4 Å². The van der Waals surface area contributed by atoms with Crippen LogP contribution in [0.25, 0.3) is 0 Å². The van der Waals surface area contributed by atoms with Crippen molar-refractivity contribution < 1.29 is 33.0 Å². The summed E-state index contributed by atoms with van der Waals surface area (Å²) in [6.45, 7) is 0.269. The lowest BCUT2D eigenvalue weighted by Gasteiger charge is -2.24. The number of carbonyl (C=O) groups excluding carboxylic acids is 3. The third kappa shape index (κ3) is 6.54. The molecule has 37 heavy (non-hydrogen) atoms. The van der Waals surface area contributed by atoms with Crippen molar-refractivity contribution in [2.75, 3.05) is 30.0 Å². The molecule has 1 atom stereocenters. The van der Waals surface area contributed by atoms with Crippen LogP contribution in [0.2, 0.25) is 0 Å². The molecule has 3 amide bonds. The fourth-order valence-corrected chi connectivity index (χ4v) is 3.80. The number of amides is 3. The number of ether oxygens (including phenoxy) is 3. The summed E-state index contributed by atoms with van der Waals surface area (Å²) in [4.78, 5) is 39.2. The van der Waals surface area contributed by atoms with Gasteiger partial charge in [-0.3, -0.25) is 9.80 Å². The van der Waals surface area contributed by atoms with Gasteiger partial charge in [-0.1, -0.05) is 60.7 Å². The fourth-order valence-electron chi connectivity index (χ4n) is 3.80. The van der Waals surface area contributed by atoms with Crippen LogP contribution in [0, 0.1) is 5.82 Å². The Balaban J connectivity index is 1.51. The van der Waals surface area contributed by atoms with Crippen molar-refractivity contribution in [1.29, 1.82) is 0 Å². The van der Waals surface area contributed by atoms with Gasteiger partial charge in [0.2, 0.25) is 0 Å². The van der Waals surface area contributed by atoms with Crippen molar-refractivity contribution in [3.63, 3.8) is 0 Å². The van der Waals surface area contributed by atoms with Gasteiger partial charge in [-0.05, 0) is 29.3 Å². The van der Waals surface area contributed by atoms with E-state index in [1.165, 1.54) is 29.0 Å². The lowest BCUT2D eigenvalue weighted by molar-refractivity contribution is 0.132. The third-order valence-corrected chi connectivity index (χ3v) is 5.68. The molecule has 0 spiro atoms. The molecule has 9 nitrogen and oxygen atoms in total. The second kappa shape index (κ2) is 11.9. The fraction of sp³-hybridized carbons (Fsp3) is 0.222. The van der Waals surface area contributed by atoms with Crippen LogP contribution in [0.3, 0.4) is 0 Å². The maximum atomic E-state index is 15.4. The highest BCUT2D eigenvalue weighted by Gasteiger charge is 2.33. The number of hydrogen-bond acceptors (Lipinski definition) is 6. The van der Waals surface area contributed by atoms with Gasteiger partial charge in [0.25, 0.3) is 0 Å². The predicted octanol–water partition coefficient (Wildman–Crippen LogP) is 4.85. The monoisotopic (exact) mass is 507 g/mol. The summed E-state index contributed by atoms with van der Waals surface area (Å²) < 4.78 is 30.6. The highest BCUT2D eigenvalue weighted by Crippen LogP contribution is 2.29. The van der Waals surface area contributed by atoms with E-state index in [1.807, 2.05) is 60.7 Å². The molecule has 1 aliphatic heterocycles. The molecule has 1 saturated heterocycles. The molecular weight excluding hydrogens is 481 g/mol. The van der Waals surface area contributed by atoms with Crippen LogP contribution in [0.4, 0.5) is 30.1 Å². The van der Waals surface area contributed by atoms with E-state index in [0.717, 1.165) is 17.2 Å². The summed E-state index contributed by atoms with van der Waals surface area (Å²) in [5.41, 5.74) is 1.84. The molecule has 1 N–H and O–H groups in total. The number of nitrogens with one attached hydrogen (secondary N) is 1. The quantitative estimate of drug-likeness (QED) is 0.438. The highest BCUT2D eigenvalue weighted by atomic mass is 19.1. The minimum absolute atomic E-state index is 0.00198. The zero-order valence-electron chi connectivity index (χ0n) is 20.1. The van der Waals surface area contributed by atoms with E-state index in [9.17, 15) is 14.4 Å². The van der Waals surface area contributed by atoms with Gasteiger partial charge in [-0.15, -0.1) is 0 Å². The molecule has 3 aromatic carbocycles. The second-order valence-corrected chi connectivity index (χ2v) is 8.24. The Morgan fingerprint density at radius 2 is 1.73 bits per heavy atom. The van der Waals surface area contributed by atoms with Crippen molar-refractivity contribution in [3.05, 3.63) is 95.8 Å². The van der Waals surface area contributed by atoms with E-state index in [0.29, 0.717) is 0 Å². The highest BCUT2D eigenvalue weighted by molar-refractivity contribution is 5.91. The molecule has 3 aromatic rings. The van der Waals surface area contributed by atoms with Crippen molar-refractivity contribution >= 4 is 29.7 Å². The Morgan fingerprint density at radius 1 is 1.05 bits per heavy atom. The maximum Gasteiger partial charge on any atom is 0.415 e. The predicted molar refractivity (Wildman–Crippen MR) is 134 cm³/mol. The number of alkyl carbamates (subject to hydrolysis) is 1. The number of rotatable bonds is 8. The Labute approximate surface area is 213 Å². The Bertz CT molecular complexity index is 1240. The zero-order chi connectivity index (χ0) is 26.2. The Morgan fingerprint density at radius 3 is 2.38 bits per heavy atom. The Kier molecular flexibility index (Phi) is 8.19. The smallest absolute Gasteiger partial charge is 0.415 e. The number of halogens is 1. The van der Waals surface area contributed by atoms with Gasteiger partial charge in [0.05, 0.1) is 38.1 Å². The van der Waals surface area contributed by atoms with Crippen molar-refractivity contribution in [2.24, 2.45) is 0 Å². The SMILES string of the molecule is COC(=O)NC[C@H]1CN(c2ccc(N(Cc3ccccc3)C(=O)OCc3ccccc3)c(F)c2)C(=O)O1. The summed E-state index contributed by atoms with van der Waals surface area (Å²) in [6.07, 6.45) is -2.67. The molecule has 4 rings (SSSR count). The van der Waals surface area contributed by atoms with E-state index in [1.54, 1.807) is 0 Å². The van der Waals surface area contributed by atoms with Crippen molar-refractivity contribution in [2.45, 2.75) is 19.3 Å². The van der Waals surface area contributed by atoms with E-state index in [2.05, 4.69) is 10.1 Å². The zero-order valence-corrected chi connectivity index (χ0v) is 20.1. The lowest BCUT2D eigenvalue weighted by Crippen LogP contribution is -2.34. The number of hydrogen-bond donors (Lipinski definition) is 1. The molecule has 0 bridgehead atoms. The molecule has 0 radical (unpaired) electrons. The molecular formula is C27H26FN3O6. The Hall–Kier alpha value is -4.60. The first kappa shape index (κ1) is 25.5. The molecule has 0 saturated carbocycles. The standard InChI is InChI=1S/C27H26FN3O6/c1-35-25(32)29-15-22-17-30(27(34)37-22)21-12-13-24(23(28)14-21)31(16-19-8-4-2-5-9-19)26(33)36-18-20-10-6-3-7-11-20/h2-14,22H,15-18H2,1H3,(H,29,32)/t22-/m0/s1. The van der Waals surface area contributed by atoms with Crippen LogP contribution < -0.4 is 15.1 Å². The molecule has 10 heteroatoms.